The van der Waals surface area contributed by atoms with Gasteiger partial charge in [0.2, 0.25) is 0 Å². The van der Waals surface area contributed by atoms with Crippen molar-refractivity contribution in [3.8, 4) is 11.3 Å². The highest BCUT2D eigenvalue weighted by molar-refractivity contribution is 6.37. The molecule has 0 saturated heterocycles. The van der Waals surface area contributed by atoms with Gasteiger partial charge in [-0.3, -0.25) is 0 Å². The van der Waals surface area contributed by atoms with Crippen LogP contribution in [0.5, 0.6) is 0 Å². The molecule has 0 aliphatic heterocycles. The van der Waals surface area contributed by atoms with Crippen molar-refractivity contribution in [3.63, 3.8) is 0 Å². The lowest BCUT2D eigenvalue weighted by atomic mass is 9.97. The maximum absolute atomic E-state index is 6.45. The number of nitrogens with one attached hydrogen (secondary N) is 1. The van der Waals surface area contributed by atoms with Crippen molar-refractivity contribution in [2.75, 3.05) is 11.9 Å². The third-order valence-electron chi connectivity index (χ3n) is 4.17. The molecule has 1 heterocycles. The highest BCUT2D eigenvalue weighted by Crippen LogP contribution is 2.36. The Morgan fingerprint density at radius 3 is 2.21 bits per heavy atom. The standard InChI is InChI=1S/C20H26Cl2N2/c1-5-6-7-8-9-23-20-17(22)12-16(21)19(24-20)18-14(3)10-13(2)11-15(18)4/h10-12H,5-9H2,1-4H3,(H,23,24). The molecule has 2 rings (SSSR count). The van der Waals surface area contributed by atoms with Crippen molar-refractivity contribution in [3.05, 3.63) is 44.9 Å². The molecule has 0 unspecified atom stereocenters. The van der Waals surface area contributed by atoms with Gasteiger partial charge in [-0.2, -0.15) is 0 Å². The van der Waals surface area contributed by atoms with Gasteiger partial charge in [0, 0.05) is 12.1 Å². The number of nitrogens with zero attached hydrogens (tertiary/aromatic N) is 1. The van der Waals surface area contributed by atoms with Gasteiger partial charge in [0.25, 0.3) is 0 Å². The Morgan fingerprint density at radius 1 is 0.917 bits per heavy atom. The Labute approximate surface area is 155 Å². The third kappa shape index (κ3) is 4.64. The second-order valence-electron chi connectivity index (χ2n) is 6.41. The molecule has 0 atom stereocenters. The molecule has 4 heteroatoms. The Hall–Kier alpha value is -1.25. The van der Waals surface area contributed by atoms with Crippen LogP contribution in [0.15, 0.2) is 18.2 Å². The van der Waals surface area contributed by atoms with Crippen LogP contribution in [0.25, 0.3) is 11.3 Å². The average Bonchev–Trinajstić information content (AvgIpc) is 2.49. The Bertz CT molecular complexity index is 688. The quantitative estimate of drug-likeness (QED) is 0.536. The number of rotatable bonds is 7. The number of aryl methyl sites for hydroxylation is 3. The molecule has 0 aliphatic carbocycles. The Balaban J connectivity index is 2.30. The summed E-state index contributed by atoms with van der Waals surface area (Å²) >= 11 is 12.8. The summed E-state index contributed by atoms with van der Waals surface area (Å²) in [4.78, 5) is 4.74. The first-order valence-electron chi connectivity index (χ1n) is 8.62. The maximum atomic E-state index is 6.45. The summed E-state index contributed by atoms with van der Waals surface area (Å²) in [6.07, 6.45) is 4.83. The number of pyridine rings is 1. The van der Waals surface area contributed by atoms with Crippen LogP contribution < -0.4 is 5.32 Å². The molecule has 1 aromatic carbocycles. The number of aromatic nitrogens is 1. The lowest BCUT2D eigenvalue weighted by Crippen LogP contribution is -2.05. The van der Waals surface area contributed by atoms with E-state index in [2.05, 4.69) is 45.1 Å². The van der Waals surface area contributed by atoms with E-state index in [1.165, 1.54) is 36.0 Å². The van der Waals surface area contributed by atoms with Gasteiger partial charge in [0.15, 0.2) is 0 Å². The summed E-state index contributed by atoms with van der Waals surface area (Å²) in [6.45, 7) is 9.38. The van der Waals surface area contributed by atoms with Crippen LogP contribution in [-0.4, -0.2) is 11.5 Å². The van der Waals surface area contributed by atoms with Crippen molar-refractivity contribution in [2.24, 2.45) is 0 Å². The molecule has 24 heavy (non-hydrogen) atoms. The summed E-state index contributed by atoms with van der Waals surface area (Å²) in [5.41, 5.74) is 5.49. The normalized spacial score (nSPS) is 10.9. The van der Waals surface area contributed by atoms with Gasteiger partial charge >= 0.3 is 0 Å². The van der Waals surface area contributed by atoms with E-state index < -0.39 is 0 Å². The van der Waals surface area contributed by atoms with Gasteiger partial charge in [-0.05, 0) is 44.4 Å². The predicted molar refractivity (Wildman–Crippen MR) is 107 cm³/mol. The molecule has 0 fully saturated rings. The lowest BCUT2D eigenvalue weighted by Gasteiger charge is -2.15. The summed E-state index contributed by atoms with van der Waals surface area (Å²) in [5.74, 6) is 0.715. The van der Waals surface area contributed by atoms with Crippen molar-refractivity contribution in [1.29, 1.82) is 0 Å². The number of hydrogen-bond donors (Lipinski definition) is 1. The molecule has 130 valence electrons. The topological polar surface area (TPSA) is 24.9 Å². The van der Waals surface area contributed by atoms with E-state index in [4.69, 9.17) is 28.2 Å². The number of anilines is 1. The number of halogens is 2. The van der Waals surface area contributed by atoms with E-state index in [1.807, 2.05) is 0 Å². The molecule has 0 radical (unpaired) electrons. The Kier molecular flexibility index (Phi) is 6.94. The molecule has 0 amide bonds. The Morgan fingerprint density at radius 2 is 1.58 bits per heavy atom. The fraction of sp³-hybridized carbons (Fsp3) is 0.450. The average molecular weight is 365 g/mol. The zero-order valence-electron chi connectivity index (χ0n) is 15.0. The minimum absolute atomic E-state index is 0.571. The van der Waals surface area contributed by atoms with Crippen molar-refractivity contribution in [2.45, 2.75) is 53.4 Å². The zero-order chi connectivity index (χ0) is 17.7. The first kappa shape index (κ1) is 19.1. The monoisotopic (exact) mass is 364 g/mol. The molecule has 0 spiro atoms. The van der Waals surface area contributed by atoms with Gasteiger partial charge in [0.1, 0.15) is 5.82 Å². The largest absolute Gasteiger partial charge is 0.369 e. The van der Waals surface area contributed by atoms with E-state index in [9.17, 15) is 0 Å². The van der Waals surface area contributed by atoms with Crippen LogP contribution in [0.1, 0.15) is 49.3 Å². The molecule has 0 bridgehead atoms. The number of benzene rings is 1. The first-order chi connectivity index (χ1) is 11.4. The van der Waals surface area contributed by atoms with E-state index in [1.54, 1.807) is 6.07 Å². The number of hydrogen-bond acceptors (Lipinski definition) is 2. The lowest BCUT2D eigenvalue weighted by molar-refractivity contribution is 0.684. The molecule has 0 saturated carbocycles. The fourth-order valence-electron chi connectivity index (χ4n) is 3.08. The minimum atomic E-state index is 0.571. The van der Waals surface area contributed by atoms with E-state index in [-0.39, 0.29) is 0 Å². The summed E-state index contributed by atoms with van der Waals surface area (Å²) in [7, 11) is 0. The van der Waals surface area contributed by atoms with Crippen molar-refractivity contribution < 1.29 is 0 Å². The first-order valence-corrected chi connectivity index (χ1v) is 9.37. The smallest absolute Gasteiger partial charge is 0.145 e. The van der Waals surface area contributed by atoms with Gasteiger partial charge in [0.05, 0.1) is 15.7 Å². The molecule has 2 nitrogen and oxygen atoms in total. The van der Waals surface area contributed by atoms with Crippen LogP contribution in [0.2, 0.25) is 10.0 Å². The van der Waals surface area contributed by atoms with Crippen LogP contribution in [0.4, 0.5) is 5.82 Å². The second-order valence-corrected chi connectivity index (χ2v) is 7.22. The molecule has 1 N–H and O–H groups in total. The van der Waals surface area contributed by atoms with Gasteiger partial charge in [-0.15, -0.1) is 0 Å². The zero-order valence-corrected chi connectivity index (χ0v) is 16.5. The summed E-state index contributed by atoms with van der Waals surface area (Å²) in [6, 6.07) is 6.11. The van der Waals surface area contributed by atoms with Gasteiger partial charge < -0.3 is 5.32 Å². The SMILES string of the molecule is CCCCCCNc1nc(-c2c(C)cc(C)cc2C)c(Cl)cc1Cl. The summed E-state index contributed by atoms with van der Waals surface area (Å²) in [5, 5.41) is 4.52. The highest BCUT2D eigenvalue weighted by atomic mass is 35.5. The fourth-order valence-corrected chi connectivity index (χ4v) is 3.60. The molecule has 0 aliphatic rings. The van der Waals surface area contributed by atoms with E-state index in [0.29, 0.717) is 15.9 Å². The number of unbranched alkanes of at least 4 members (excludes halogenated alkanes) is 3. The third-order valence-corrected chi connectivity index (χ3v) is 4.74. The van der Waals surface area contributed by atoms with E-state index >= 15 is 0 Å². The van der Waals surface area contributed by atoms with E-state index in [0.717, 1.165) is 24.2 Å². The molecule has 1 aromatic heterocycles. The van der Waals surface area contributed by atoms with Crippen LogP contribution in [-0.2, 0) is 0 Å². The summed E-state index contributed by atoms with van der Waals surface area (Å²) < 4.78 is 0. The van der Waals surface area contributed by atoms with Crippen molar-refractivity contribution in [1.82, 2.24) is 4.98 Å². The van der Waals surface area contributed by atoms with Crippen LogP contribution >= 0.6 is 23.2 Å². The van der Waals surface area contributed by atoms with Crippen molar-refractivity contribution >= 4 is 29.0 Å². The van der Waals surface area contributed by atoms with Gasteiger partial charge in [-0.1, -0.05) is 67.1 Å². The maximum Gasteiger partial charge on any atom is 0.145 e. The minimum Gasteiger partial charge on any atom is -0.369 e. The molecular formula is C20H26Cl2N2. The van der Waals surface area contributed by atoms with Crippen LogP contribution in [0, 0.1) is 20.8 Å². The second kappa shape index (κ2) is 8.73. The molecule has 2 aromatic rings. The van der Waals surface area contributed by atoms with Gasteiger partial charge in [-0.25, -0.2) is 4.98 Å². The molecular weight excluding hydrogens is 339 g/mol. The van der Waals surface area contributed by atoms with Crippen LogP contribution in [0.3, 0.4) is 0 Å². The highest BCUT2D eigenvalue weighted by Gasteiger charge is 2.15. The predicted octanol–water partition coefficient (Wildman–Crippen LogP) is 6.97.